The second-order valence-corrected chi connectivity index (χ2v) is 10.1. The normalized spacial score (nSPS) is 20.2. The lowest BCUT2D eigenvalue weighted by molar-refractivity contribution is -0.119. The summed E-state index contributed by atoms with van der Waals surface area (Å²) in [5.74, 6) is 1.25. The van der Waals surface area contributed by atoms with Gasteiger partial charge in [0.1, 0.15) is 18.0 Å². The van der Waals surface area contributed by atoms with E-state index in [1.54, 1.807) is 24.3 Å². The molecule has 1 aliphatic heterocycles. The third-order valence-corrected chi connectivity index (χ3v) is 7.35. The van der Waals surface area contributed by atoms with E-state index in [-0.39, 0.29) is 29.5 Å². The summed E-state index contributed by atoms with van der Waals surface area (Å²) in [6.07, 6.45) is 4.17. The highest BCUT2D eigenvalue weighted by Gasteiger charge is 2.44. The molecule has 2 heterocycles. The van der Waals surface area contributed by atoms with E-state index in [2.05, 4.69) is 34.4 Å². The van der Waals surface area contributed by atoms with Gasteiger partial charge in [-0.1, -0.05) is 38.1 Å². The van der Waals surface area contributed by atoms with Gasteiger partial charge in [-0.15, -0.1) is 0 Å². The molecule has 2 bridgehead atoms. The SMILES string of the molecule is CC(C)c1ccc(NC(=O)c2cccc(C(=N)c3c(N)ncnc3NC3CC4CC3N(C=O)C4)c2)cc1. The molecule has 2 amide bonds. The molecule has 9 nitrogen and oxygen atoms in total. The Kier molecular flexibility index (Phi) is 6.60. The van der Waals surface area contributed by atoms with E-state index in [0.29, 0.717) is 40.0 Å². The van der Waals surface area contributed by atoms with Gasteiger partial charge in [-0.3, -0.25) is 15.0 Å². The molecule has 1 saturated heterocycles. The van der Waals surface area contributed by atoms with Gasteiger partial charge >= 0.3 is 0 Å². The van der Waals surface area contributed by atoms with Gasteiger partial charge in [0.2, 0.25) is 6.41 Å². The van der Waals surface area contributed by atoms with Gasteiger partial charge in [0.05, 0.1) is 17.3 Å². The molecule has 1 aliphatic carbocycles. The first kappa shape index (κ1) is 24.4. The van der Waals surface area contributed by atoms with Crippen LogP contribution in [0.5, 0.6) is 0 Å². The third kappa shape index (κ3) is 4.89. The first-order chi connectivity index (χ1) is 17.8. The van der Waals surface area contributed by atoms with Crippen LogP contribution in [0, 0.1) is 11.3 Å². The van der Waals surface area contributed by atoms with Crippen molar-refractivity contribution in [3.63, 3.8) is 0 Å². The fraction of sp³-hybridized carbons (Fsp3) is 0.321. The van der Waals surface area contributed by atoms with E-state index in [0.717, 1.165) is 25.8 Å². The molecule has 2 aliphatic rings. The molecule has 3 unspecified atom stereocenters. The minimum atomic E-state index is -0.265. The van der Waals surface area contributed by atoms with Crippen LogP contribution in [-0.2, 0) is 4.79 Å². The zero-order chi connectivity index (χ0) is 26.1. The Hall–Kier alpha value is -4.27. The Morgan fingerprint density at radius 2 is 1.89 bits per heavy atom. The summed E-state index contributed by atoms with van der Waals surface area (Å²) < 4.78 is 0. The van der Waals surface area contributed by atoms with Crippen molar-refractivity contribution in [2.75, 3.05) is 22.9 Å². The largest absolute Gasteiger partial charge is 0.383 e. The summed E-state index contributed by atoms with van der Waals surface area (Å²) in [4.78, 5) is 34.7. The highest BCUT2D eigenvalue weighted by Crippen LogP contribution is 2.38. The van der Waals surface area contributed by atoms with Gasteiger partial charge < -0.3 is 21.3 Å². The quantitative estimate of drug-likeness (QED) is 0.275. The van der Waals surface area contributed by atoms with E-state index < -0.39 is 0 Å². The number of benzene rings is 2. The van der Waals surface area contributed by atoms with Crippen molar-refractivity contribution < 1.29 is 9.59 Å². The maximum absolute atomic E-state index is 13.0. The Bertz CT molecular complexity index is 1340. The lowest BCUT2D eigenvalue weighted by atomic mass is 9.99. The second kappa shape index (κ2) is 10.0. The molecule has 5 rings (SSSR count). The lowest BCUT2D eigenvalue weighted by Gasteiger charge is -2.31. The van der Waals surface area contributed by atoms with Crippen molar-refractivity contribution in [1.29, 1.82) is 5.41 Å². The summed E-state index contributed by atoms with van der Waals surface area (Å²) in [6.45, 7) is 5.03. The number of hydrogen-bond acceptors (Lipinski definition) is 7. The molecular formula is C28H31N7O2. The van der Waals surface area contributed by atoms with Crippen molar-refractivity contribution in [3.8, 4) is 0 Å². The Balaban J connectivity index is 1.36. The zero-order valence-electron chi connectivity index (χ0n) is 20.9. The molecule has 0 radical (unpaired) electrons. The maximum atomic E-state index is 13.0. The predicted octanol–water partition coefficient (Wildman–Crippen LogP) is 3.88. The number of hydrogen-bond donors (Lipinski definition) is 4. The first-order valence-corrected chi connectivity index (χ1v) is 12.5. The number of amides is 2. The second-order valence-electron chi connectivity index (χ2n) is 10.1. The van der Waals surface area contributed by atoms with Gasteiger partial charge in [-0.25, -0.2) is 9.97 Å². The van der Waals surface area contributed by atoms with Crippen LogP contribution in [0.25, 0.3) is 0 Å². The van der Waals surface area contributed by atoms with Crippen molar-refractivity contribution >= 4 is 35.4 Å². The van der Waals surface area contributed by atoms with Crippen LogP contribution in [-0.4, -0.2) is 51.5 Å². The monoisotopic (exact) mass is 497 g/mol. The number of nitrogens with one attached hydrogen (secondary N) is 3. The minimum Gasteiger partial charge on any atom is -0.383 e. The van der Waals surface area contributed by atoms with Crippen LogP contribution >= 0.6 is 0 Å². The minimum absolute atomic E-state index is 0.0315. The molecule has 190 valence electrons. The standard InChI is InChI=1S/C28H31N7O2/c1-16(2)18-6-8-21(9-7-18)33-28(37)20-5-3-4-19(12-20)25(29)24-26(30)31-14-32-27(24)34-22-10-17-11-23(22)35(13-17)15-36/h3-9,12,14-17,22-23,29H,10-11,13H2,1-2H3,(H,33,37)(H3,30,31,32,34). The highest BCUT2D eigenvalue weighted by molar-refractivity contribution is 6.17. The number of likely N-dealkylation sites (tertiary alicyclic amines) is 1. The van der Waals surface area contributed by atoms with Crippen molar-refractivity contribution in [3.05, 3.63) is 77.1 Å². The van der Waals surface area contributed by atoms with E-state index in [1.165, 1.54) is 11.9 Å². The Labute approximate surface area is 216 Å². The molecule has 2 aromatic carbocycles. The molecule has 1 saturated carbocycles. The summed E-state index contributed by atoms with van der Waals surface area (Å²) in [7, 11) is 0. The predicted molar refractivity (Wildman–Crippen MR) is 144 cm³/mol. The van der Waals surface area contributed by atoms with E-state index in [9.17, 15) is 9.59 Å². The molecule has 9 heteroatoms. The zero-order valence-corrected chi connectivity index (χ0v) is 20.9. The fourth-order valence-electron chi connectivity index (χ4n) is 5.39. The van der Waals surface area contributed by atoms with Crippen molar-refractivity contribution in [2.45, 2.75) is 44.7 Å². The van der Waals surface area contributed by atoms with Crippen LogP contribution < -0.4 is 16.4 Å². The number of rotatable bonds is 8. The number of nitrogens with zero attached hydrogens (tertiary/aromatic N) is 3. The van der Waals surface area contributed by atoms with Gasteiger partial charge in [0, 0.05) is 29.4 Å². The number of piperidine rings is 1. The number of nitrogens with two attached hydrogens (primary N) is 1. The molecular weight excluding hydrogens is 466 g/mol. The highest BCUT2D eigenvalue weighted by atomic mass is 16.1. The molecule has 37 heavy (non-hydrogen) atoms. The molecule has 0 spiro atoms. The molecule has 5 N–H and O–H groups in total. The van der Waals surface area contributed by atoms with Gasteiger partial charge in [0.15, 0.2) is 0 Å². The summed E-state index contributed by atoms with van der Waals surface area (Å²) in [5, 5.41) is 15.3. The van der Waals surface area contributed by atoms with Gasteiger partial charge in [-0.2, -0.15) is 0 Å². The van der Waals surface area contributed by atoms with E-state index >= 15 is 0 Å². The van der Waals surface area contributed by atoms with Crippen LogP contribution in [0.1, 0.15) is 59.7 Å². The summed E-state index contributed by atoms with van der Waals surface area (Å²) >= 11 is 0. The van der Waals surface area contributed by atoms with E-state index in [4.69, 9.17) is 11.1 Å². The Morgan fingerprint density at radius 1 is 1.14 bits per heavy atom. The third-order valence-electron chi connectivity index (χ3n) is 7.35. The Morgan fingerprint density at radius 3 is 2.59 bits per heavy atom. The number of fused-ring (bicyclic) bond motifs is 2. The average molecular weight is 498 g/mol. The van der Waals surface area contributed by atoms with Crippen LogP contribution in [0.4, 0.5) is 17.3 Å². The maximum Gasteiger partial charge on any atom is 0.255 e. The van der Waals surface area contributed by atoms with Crippen molar-refractivity contribution in [1.82, 2.24) is 14.9 Å². The number of nitrogen functional groups attached to an aromatic ring is 1. The number of carbonyl (C=O) groups excluding carboxylic acids is 2. The number of carbonyl (C=O) groups is 2. The smallest absolute Gasteiger partial charge is 0.255 e. The average Bonchev–Trinajstić information content (AvgIpc) is 3.49. The summed E-state index contributed by atoms with van der Waals surface area (Å²) in [6, 6.07) is 14.8. The molecule has 2 fully saturated rings. The fourth-order valence-corrected chi connectivity index (χ4v) is 5.39. The van der Waals surface area contributed by atoms with Gasteiger partial charge in [0.25, 0.3) is 5.91 Å². The van der Waals surface area contributed by atoms with Crippen LogP contribution in [0.2, 0.25) is 0 Å². The van der Waals surface area contributed by atoms with Gasteiger partial charge in [-0.05, 0) is 54.5 Å². The first-order valence-electron chi connectivity index (χ1n) is 12.5. The number of anilines is 3. The van der Waals surface area contributed by atoms with Crippen LogP contribution in [0.15, 0.2) is 54.9 Å². The molecule has 1 aromatic heterocycles. The number of aromatic nitrogens is 2. The topological polar surface area (TPSA) is 137 Å². The van der Waals surface area contributed by atoms with Crippen LogP contribution in [0.3, 0.4) is 0 Å². The molecule has 3 aromatic rings. The summed E-state index contributed by atoms with van der Waals surface area (Å²) in [5.41, 5.74) is 9.57. The molecule has 3 atom stereocenters. The lowest BCUT2D eigenvalue weighted by Crippen LogP contribution is -2.44. The van der Waals surface area contributed by atoms with Crippen molar-refractivity contribution in [2.24, 2.45) is 5.92 Å². The van der Waals surface area contributed by atoms with E-state index in [1.807, 2.05) is 29.2 Å².